The minimum Gasteiger partial charge on any atom is -0.444 e. The van der Waals surface area contributed by atoms with Gasteiger partial charge in [0, 0.05) is 26.2 Å². The summed E-state index contributed by atoms with van der Waals surface area (Å²) in [7, 11) is 0. The first kappa shape index (κ1) is 18.3. The predicted octanol–water partition coefficient (Wildman–Crippen LogP) is 2.21. The number of carbonyl (C=O) groups is 2. The van der Waals surface area contributed by atoms with Crippen LogP contribution in [0.3, 0.4) is 0 Å². The van der Waals surface area contributed by atoms with Gasteiger partial charge in [-0.3, -0.25) is 0 Å². The lowest BCUT2D eigenvalue weighted by Gasteiger charge is -2.47. The molecule has 0 unspecified atom stereocenters. The molecule has 3 heterocycles. The second kappa shape index (κ2) is 7.02. The van der Waals surface area contributed by atoms with Crippen molar-refractivity contribution in [3.63, 3.8) is 0 Å². The molecule has 0 bridgehead atoms. The molecule has 3 amide bonds. The molecule has 7 nitrogen and oxygen atoms in total. The summed E-state index contributed by atoms with van der Waals surface area (Å²) < 4.78 is 11.2. The lowest BCUT2D eigenvalue weighted by Crippen LogP contribution is -2.65. The highest BCUT2D eigenvalue weighted by atomic mass is 16.6. The smallest absolute Gasteiger partial charge is 0.410 e. The van der Waals surface area contributed by atoms with Gasteiger partial charge >= 0.3 is 12.1 Å². The maximum Gasteiger partial charge on any atom is 0.410 e. The van der Waals surface area contributed by atoms with Crippen molar-refractivity contribution in [3.05, 3.63) is 0 Å². The molecular formula is C18H31N3O4. The number of carbonyl (C=O) groups excluding carboxylic acids is 2. The molecule has 7 heteroatoms. The minimum absolute atomic E-state index is 0.00990. The minimum atomic E-state index is -0.459. The van der Waals surface area contributed by atoms with Gasteiger partial charge in [0.1, 0.15) is 11.2 Å². The average Bonchev–Trinajstić information content (AvgIpc) is 3.00. The standard InChI is InChI=1S/C18H31N3O4/c1-17(2,3)25-16(23)20-8-5-14(6-9-20)11-19-15(22)21-12-18(13-21)7-4-10-24-18/h14H,4-13H2,1-3H3,(H,19,22). The molecule has 3 aliphatic heterocycles. The maximum absolute atomic E-state index is 12.2. The molecule has 0 radical (unpaired) electrons. The Balaban J connectivity index is 1.33. The summed E-state index contributed by atoms with van der Waals surface area (Å²) in [5.41, 5.74) is -0.504. The first-order valence-corrected chi connectivity index (χ1v) is 9.41. The van der Waals surface area contributed by atoms with Crippen LogP contribution in [0.25, 0.3) is 0 Å². The van der Waals surface area contributed by atoms with Crippen molar-refractivity contribution < 1.29 is 19.1 Å². The van der Waals surface area contributed by atoms with Crippen LogP contribution in [0.1, 0.15) is 46.5 Å². The first-order valence-electron chi connectivity index (χ1n) is 9.41. The van der Waals surface area contributed by atoms with Crippen molar-refractivity contribution in [1.82, 2.24) is 15.1 Å². The number of likely N-dealkylation sites (tertiary alicyclic amines) is 2. The van der Waals surface area contributed by atoms with Gasteiger partial charge in [-0.15, -0.1) is 0 Å². The molecule has 3 rings (SSSR count). The number of amides is 3. The van der Waals surface area contributed by atoms with Crippen molar-refractivity contribution >= 4 is 12.1 Å². The van der Waals surface area contributed by atoms with Gasteiger partial charge < -0.3 is 24.6 Å². The van der Waals surface area contributed by atoms with Crippen LogP contribution >= 0.6 is 0 Å². The van der Waals surface area contributed by atoms with Gasteiger partial charge in [-0.05, 0) is 52.4 Å². The normalized spacial score (nSPS) is 23.5. The van der Waals surface area contributed by atoms with Crippen molar-refractivity contribution in [2.45, 2.75) is 57.7 Å². The fourth-order valence-corrected chi connectivity index (χ4v) is 3.79. The summed E-state index contributed by atoms with van der Waals surface area (Å²) >= 11 is 0. The van der Waals surface area contributed by atoms with E-state index in [2.05, 4.69) is 5.32 Å². The third-order valence-corrected chi connectivity index (χ3v) is 5.24. The molecule has 3 saturated heterocycles. The summed E-state index contributed by atoms with van der Waals surface area (Å²) in [5, 5.41) is 3.04. The lowest BCUT2D eigenvalue weighted by atomic mass is 9.91. The zero-order valence-electron chi connectivity index (χ0n) is 15.7. The molecule has 0 aliphatic carbocycles. The van der Waals surface area contributed by atoms with E-state index in [0.29, 0.717) is 25.6 Å². The van der Waals surface area contributed by atoms with E-state index < -0.39 is 5.60 Å². The van der Waals surface area contributed by atoms with E-state index in [1.807, 2.05) is 25.7 Å². The summed E-state index contributed by atoms with van der Waals surface area (Å²) in [6.07, 6.45) is 3.72. The molecule has 0 aromatic carbocycles. The van der Waals surface area contributed by atoms with Gasteiger partial charge in [0.2, 0.25) is 0 Å². The summed E-state index contributed by atoms with van der Waals surface area (Å²) in [5.74, 6) is 0.417. The number of rotatable bonds is 2. The molecule has 0 aromatic rings. The van der Waals surface area contributed by atoms with Crippen molar-refractivity contribution in [3.8, 4) is 0 Å². The Morgan fingerprint density at radius 3 is 2.44 bits per heavy atom. The zero-order chi connectivity index (χ0) is 18.1. The monoisotopic (exact) mass is 353 g/mol. The first-order chi connectivity index (χ1) is 11.8. The Labute approximate surface area is 150 Å². The van der Waals surface area contributed by atoms with Crippen LogP contribution in [-0.4, -0.2) is 72.5 Å². The van der Waals surface area contributed by atoms with Gasteiger partial charge in [-0.1, -0.05) is 0 Å². The average molecular weight is 353 g/mol. The predicted molar refractivity (Wildman–Crippen MR) is 93.4 cm³/mol. The van der Waals surface area contributed by atoms with E-state index in [0.717, 1.165) is 45.4 Å². The number of hydrogen-bond acceptors (Lipinski definition) is 4. The maximum atomic E-state index is 12.2. The zero-order valence-corrected chi connectivity index (χ0v) is 15.7. The van der Waals surface area contributed by atoms with E-state index in [-0.39, 0.29) is 17.7 Å². The third kappa shape index (κ3) is 4.57. The molecule has 1 spiro atoms. The Hall–Kier alpha value is -1.50. The van der Waals surface area contributed by atoms with Crippen LogP contribution in [0, 0.1) is 5.92 Å². The van der Waals surface area contributed by atoms with Gasteiger partial charge in [-0.2, -0.15) is 0 Å². The number of urea groups is 1. The van der Waals surface area contributed by atoms with Gasteiger partial charge in [-0.25, -0.2) is 9.59 Å². The molecule has 0 saturated carbocycles. The van der Waals surface area contributed by atoms with E-state index in [1.54, 1.807) is 4.90 Å². The fraction of sp³-hybridized carbons (Fsp3) is 0.889. The molecular weight excluding hydrogens is 322 g/mol. The van der Waals surface area contributed by atoms with E-state index in [1.165, 1.54) is 0 Å². The SMILES string of the molecule is CC(C)(C)OC(=O)N1CCC(CNC(=O)N2CC3(CCCO3)C2)CC1. The Bertz CT molecular complexity index is 495. The molecule has 1 N–H and O–H groups in total. The van der Waals surface area contributed by atoms with E-state index in [4.69, 9.17) is 9.47 Å². The fourth-order valence-electron chi connectivity index (χ4n) is 3.79. The molecule has 0 aromatic heterocycles. The van der Waals surface area contributed by atoms with Crippen molar-refractivity contribution in [2.75, 3.05) is 39.3 Å². The van der Waals surface area contributed by atoms with Crippen LogP contribution < -0.4 is 5.32 Å². The second-order valence-corrected chi connectivity index (χ2v) is 8.59. The van der Waals surface area contributed by atoms with Crippen molar-refractivity contribution in [2.24, 2.45) is 5.92 Å². The summed E-state index contributed by atoms with van der Waals surface area (Å²) in [4.78, 5) is 27.9. The summed E-state index contributed by atoms with van der Waals surface area (Å²) in [6.45, 7) is 9.95. The number of hydrogen-bond donors (Lipinski definition) is 1. The quantitative estimate of drug-likeness (QED) is 0.826. The topological polar surface area (TPSA) is 71.1 Å². The summed E-state index contributed by atoms with van der Waals surface area (Å²) in [6, 6.07) is 0.00990. The van der Waals surface area contributed by atoms with Crippen LogP contribution in [0.15, 0.2) is 0 Å². The molecule has 25 heavy (non-hydrogen) atoms. The number of piperidine rings is 1. The van der Waals surface area contributed by atoms with Crippen LogP contribution in [-0.2, 0) is 9.47 Å². The number of ether oxygens (including phenoxy) is 2. The Kier molecular flexibility index (Phi) is 5.14. The van der Waals surface area contributed by atoms with E-state index in [9.17, 15) is 9.59 Å². The number of nitrogens with zero attached hydrogens (tertiary/aromatic N) is 2. The van der Waals surface area contributed by atoms with Crippen LogP contribution in [0.5, 0.6) is 0 Å². The lowest BCUT2D eigenvalue weighted by molar-refractivity contribution is -0.0913. The molecule has 142 valence electrons. The van der Waals surface area contributed by atoms with Gasteiger partial charge in [0.15, 0.2) is 0 Å². The molecule has 0 atom stereocenters. The van der Waals surface area contributed by atoms with Crippen LogP contribution in [0.4, 0.5) is 9.59 Å². The largest absolute Gasteiger partial charge is 0.444 e. The highest BCUT2D eigenvalue weighted by Crippen LogP contribution is 2.34. The Morgan fingerprint density at radius 1 is 1.20 bits per heavy atom. The van der Waals surface area contributed by atoms with Crippen molar-refractivity contribution in [1.29, 1.82) is 0 Å². The molecule has 3 aliphatic rings. The Morgan fingerprint density at radius 2 is 1.88 bits per heavy atom. The van der Waals surface area contributed by atoms with Gasteiger partial charge in [0.25, 0.3) is 0 Å². The third-order valence-electron chi connectivity index (χ3n) is 5.24. The number of nitrogens with one attached hydrogen (secondary N) is 1. The second-order valence-electron chi connectivity index (χ2n) is 8.59. The molecule has 3 fully saturated rings. The highest BCUT2D eigenvalue weighted by molar-refractivity contribution is 5.75. The van der Waals surface area contributed by atoms with Crippen LogP contribution in [0.2, 0.25) is 0 Å². The van der Waals surface area contributed by atoms with E-state index >= 15 is 0 Å². The highest BCUT2D eigenvalue weighted by Gasteiger charge is 2.48. The van der Waals surface area contributed by atoms with Gasteiger partial charge in [0.05, 0.1) is 13.1 Å².